The van der Waals surface area contributed by atoms with Gasteiger partial charge in [0.25, 0.3) is 0 Å². The van der Waals surface area contributed by atoms with Crippen LogP contribution in [0.3, 0.4) is 0 Å². The zero-order valence-electron chi connectivity index (χ0n) is 7.00. The lowest BCUT2D eigenvalue weighted by Crippen LogP contribution is -1.97. The molecule has 1 rings (SSSR count). The van der Waals surface area contributed by atoms with E-state index >= 15 is 0 Å². The summed E-state index contributed by atoms with van der Waals surface area (Å²) in [6, 6.07) is 5.03. The van der Waals surface area contributed by atoms with Crippen LogP contribution >= 0.6 is 15.9 Å². The van der Waals surface area contributed by atoms with Gasteiger partial charge in [-0.2, -0.15) is 0 Å². The number of carbonyl (C=O) groups is 2. The Kier molecular flexibility index (Phi) is 3.19. The molecule has 0 saturated carbocycles. The number of ketones is 1. The Morgan fingerprint density at radius 2 is 2.23 bits per heavy atom. The van der Waals surface area contributed by atoms with Gasteiger partial charge in [0.05, 0.1) is 0 Å². The molecule has 0 bridgehead atoms. The topological polar surface area (TPSA) is 46.2 Å². The van der Waals surface area contributed by atoms with E-state index in [1.165, 1.54) is 6.92 Å². The third kappa shape index (κ3) is 2.39. The molecule has 0 aliphatic carbocycles. The van der Waals surface area contributed by atoms with E-state index in [1.54, 1.807) is 18.2 Å². The highest BCUT2D eigenvalue weighted by atomic mass is 79.9. The Morgan fingerprint density at radius 3 is 2.69 bits per heavy atom. The summed E-state index contributed by atoms with van der Waals surface area (Å²) in [5.41, 5.74) is 1.27. The van der Waals surface area contributed by atoms with Gasteiger partial charge in [-0.25, -0.2) is 0 Å². The largest absolute Gasteiger partial charge is 0.329 e. The molecule has 1 aromatic carbocycles. The fourth-order valence-corrected chi connectivity index (χ4v) is 1.62. The fraction of sp³-hybridized carbons (Fsp3) is 0.111. The third-order valence-electron chi connectivity index (χ3n) is 1.57. The quantitative estimate of drug-likeness (QED) is 0.652. The number of hydrogen-bond donors (Lipinski definition) is 1. The van der Waals surface area contributed by atoms with Crippen LogP contribution in [0.1, 0.15) is 17.3 Å². The zero-order chi connectivity index (χ0) is 9.84. The molecule has 0 unspecified atom stereocenters. The molecule has 0 aliphatic rings. The smallest absolute Gasteiger partial charge is 0.211 e. The zero-order valence-corrected chi connectivity index (χ0v) is 8.59. The first kappa shape index (κ1) is 9.92. The highest BCUT2D eigenvalue weighted by Gasteiger charge is 2.04. The molecule has 0 aliphatic heterocycles. The summed E-state index contributed by atoms with van der Waals surface area (Å²) in [5, 5.41) is 2.49. The Morgan fingerprint density at radius 1 is 1.54 bits per heavy atom. The molecule has 1 aromatic rings. The lowest BCUT2D eigenvalue weighted by molar-refractivity contribution is -0.105. The predicted molar refractivity (Wildman–Crippen MR) is 53.8 cm³/mol. The lowest BCUT2D eigenvalue weighted by Gasteiger charge is -2.02. The van der Waals surface area contributed by atoms with E-state index in [0.717, 1.165) is 0 Å². The first-order valence-corrected chi connectivity index (χ1v) is 4.45. The van der Waals surface area contributed by atoms with Crippen LogP contribution in [0.2, 0.25) is 0 Å². The van der Waals surface area contributed by atoms with Gasteiger partial charge in [-0.1, -0.05) is 0 Å². The van der Waals surface area contributed by atoms with Crippen LogP contribution in [0.15, 0.2) is 22.7 Å². The Hall–Kier alpha value is -1.16. The van der Waals surface area contributed by atoms with Crippen molar-refractivity contribution in [1.82, 2.24) is 0 Å². The van der Waals surface area contributed by atoms with E-state index in [1.807, 2.05) is 0 Å². The number of hydrogen-bond acceptors (Lipinski definition) is 2. The van der Waals surface area contributed by atoms with Gasteiger partial charge in [-0.3, -0.25) is 9.59 Å². The standard InChI is InChI=1S/C9H8BrNO2/c1-6(13)8-3-2-7(11-5-12)4-9(8)10/h2-5H,1H3,(H,11,12). The number of halogens is 1. The molecule has 68 valence electrons. The van der Waals surface area contributed by atoms with Crippen LogP contribution in [0.25, 0.3) is 0 Å². The number of amides is 1. The van der Waals surface area contributed by atoms with Crippen LogP contribution in [-0.2, 0) is 4.79 Å². The molecule has 0 aromatic heterocycles. The maximum absolute atomic E-state index is 11.0. The van der Waals surface area contributed by atoms with Crippen molar-refractivity contribution in [2.75, 3.05) is 5.32 Å². The highest BCUT2D eigenvalue weighted by molar-refractivity contribution is 9.10. The van der Waals surface area contributed by atoms with Gasteiger partial charge >= 0.3 is 0 Å². The van der Waals surface area contributed by atoms with Crippen LogP contribution < -0.4 is 5.32 Å². The van der Waals surface area contributed by atoms with Gasteiger partial charge in [-0.05, 0) is 41.1 Å². The van der Waals surface area contributed by atoms with Crippen LogP contribution in [0, 0.1) is 0 Å². The normalized spacial score (nSPS) is 9.38. The molecule has 0 radical (unpaired) electrons. The van der Waals surface area contributed by atoms with Gasteiger partial charge in [0.1, 0.15) is 0 Å². The number of anilines is 1. The average Bonchev–Trinajstić information content (AvgIpc) is 2.04. The molecular weight excluding hydrogens is 234 g/mol. The number of Topliss-reactive ketones (excluding diaryl/α,β-unsaturated/α-hetero) is 1. The molecule has 0 heterocycles. The monoisotopic (exact) mass is 241 g/mol. The molecule has 3 nitrogen and oxygen atoms in total. The van der Waals surface area contributed by atoms with Gasteiger partial charge < -0.3 is 5.32 Å². The van der Waals surface area contributed by atoms with Crippen molar-refractivity contribution in [3.63, 3.8) is 0 Å². The van der Waals surface area contributed by atoms with E-state index < -0.39 is 0 Å². The summed E-state index contributed by atoms with van der Waals surface area (Å²) in [5.74, 6) is -0.00970. The molecule has 0 saturated heterocycles. The van der Waals surface area contributed by atoms with E-state index in [0.29, 0.717) is 22.1 Å². The van der Waals surface area contributed by atoms with Gasteiger partial charge in [-0.15, -0.1) is 0 Å². The Labute approximate surface area is 84.3 Å². The molecule has 4 heteroatoms. The Balaban J connectivity index is 3.05. The molecule has 1 N–H and O–H groups in total. The van der Waals surface area contributed by atoms with Gasteiger partial charge in [0, 0.05) is 15.7 Å². The summed E-state index contributed by atoms with van der Waals surface area (Å²) >= 11 is 3.24. The first-order chi connectivity index (χ1) is 6.15. The van der Waals surface area contributed by atoms with Crippen molar-refractivity contribution >= 4 is 33.8 Å². The van der Waals surface area contributed by atoms with E-state index in [9.17, 15) is 9.59 Å². The minimum atomic E-state index is -0.00970. The summed E-state index contributed by atoms with van der Waals surface area (Å²) in [6.45, 7) is 1.49. The second kappa shape index (κ2) is 4.18. The van der Waals surface area contributed by atoms with Gasteiger partial charge in [0.15, 0.2) is 5.78 Å². The summed E-state index contributed by atoms with van der Waals surface area (Å²) in [4.78, 5) is 21.1. The fourth-order valence-electron chi connectivity index (χ4n) is 0.958. The summed E-state index contributed by atoms with van der Waals surface area (Å²) in [6.07, 6.45) is 0.592. The van der Waals surface area contributed by atoms with Crippen molar-refractivity contribution in [3.8, 4) is 0 Å². The summed E-state index contributed by atoms with van der Waals surface area (Å²) in [7, 11) is 0. The van der Waals surface area contributed by atoms with Crippen LogP contribution in [0.4, 0.5) is 5.69 Å². The SMILES string of the molecule is CC(=O)c1ccc(NC=O)cc1Br. The van der Waals surface area contributed by atoms with Crippen molar-refractivity contribution in [2.24, 2.45) is 0 Å². The molecule has 0 fully saturated rings. The Bertz CT molecular complexity index is 349. The first-order valence-electron chi connectivity index (χ1n) is 3.66. The minimum Gasteiger partial charge on any atom is -0.329 e. The number of rotatable bonds is 3. The van der Waals surface area contributed by atoms with Crippen LogP contribution in [0.5, 0.6) is 0 Å². The predicted octanol–water partition coefficient (Wildman–Crippen LogP) is 2.22. The molecule has 13 heavy (non-hydrogen) atoms. The second-order valence-electron chi connectivity index (χ2n) is 2.51. The van der Waals surface area contributed by atoms with Crippen molar-refractivity contribution in [2.45, 2.75) is 6.92 Å². The van der Waals surface area contributed by atoms with Crippen LogP contribution in [-0.4, -0.2) is 12.2 Å². The maximum atomic E-state index is 11.0. The molecule has 0 spiro atoms. The van der Waals surface area contributed by atoms with E-state index in [4.69, 9.17) is 0 Å². The van der Waals surface area contributed by atoms with Crippen molar-refractivity contribution < 1.29 is 9.59 Å². The second-order valence-corrected chi connectivity index (χ2v) is 3.37. The lowest BCUT2D eigenvalue weighted by atomic mass is 10.1. The number of carbonyl (C=O) groups excluding carboxylic acids is 2. The minimum absolute atomic E-state index is 0.00970. The third-order valence-corrected chi connectivity index (χ3v) is 2.23. The maximum Gasteiger partial charge on any atom is 0.211 e. The van der Waals surface area contributed by atoms with Crippen molar-refractivity contribution in [1.29, 1.82) is 0 Å². The van der Waals surface area contributed by atoms with E-state index in [-0.39, 0.29) is 5.78 Å². The van der Waals surface area contributed by atoms with E-state index in [2.05, 4.69) is 21.2 Å². The highest BCUT2D eigenvalue weighted by Crippen LogP contribution is 2.21. The molecular formula is C9H8BrNO2. The molecule has 1 amide bonds. The average molecular weight is 242 g/mol. The molecule has 0 atom stereocenters. The number of benzene rings is 1. The van der Waals surface area contributed by atoms with Gasteiger partial charge in [0.2, 0.25) is 6.41 Å². The number of nitrogens with one attached hydrogen (secondary N) is 1. The summed E-state index contributed by atoms with van der Waals surface area (Å²) < 4.78 is 0.687. The van der Waals surface area contributed by atoms with Crippen molar-refractivity contribution in [3.05, 3.63) is 28.2 Å².